The van der Waals surface area contributed by atoms with Crippen molar-refractivity contribution in [2.24, 2.45) is 0 Å². The molecule has 0 saturated carbocycles. The molecule has 0 unspecified atom stereocenters. The molecule has 0 fully saturated rings. The molecule has 190 valence electrons. The first-order valence-electron chi connectivity index (χ1n) is 11.7. The van der Waals surface area contributed by atoms with Crippen LogP contribution in [0, 0.1) is 39.8 Å². The summed E-state index contributed by atoms with van der Waals surface area (Å²) in [5.74, 6) is 0. The van der Waals surface area contributed by atoms with Gasteiger partial charge in [-0.3, -0.25) is 0 Å². The monoisotopic (exact) mass is 608 g/mol. The standard InChI is InChI=1S/2C14H11.2C2H5.2ClH.H2Si.Zr/c2*1-10-5-4-8-13-12-7-3-2-6-11(12)9-14(10)13;2*1-2;;;;/h2*2-4,6-8H,9H2,1H3;2*1H2,2H3;2*1H;1H2;/q4*-1;;;;. The van der Waals surface area contributed by atoms with E-state index in [0.717, 1.165) is 12.8 Å². The van der Waals surface area contributed by atoms with Crippen molar-refractivity contribution in [2.45, 2.75) is 40.5 Å². The van der Waals surface area contributed by atoms with Gasteiger partial charge in [-0.1, -0.05) is 62.4 Å². The molecular weight excluding hydrogens is 575 g/mol. The number of aryl methyl sites for hydroxylation is 2. The molecule has 0 atom stereocenters. The van der Waals surface area contributed by atoms with E-state index < -0.39 is 0 Å². The Bertz CT molecular complexity index is 1130. The zero-order valence-corrected chi connectivity index (χ0v) is 27.3. The van der Waals surface area contributed by atoms with Gasteiger partial charge < -0.3 is 13.8 Å². The molecule has 2 aliphatic rings. The normalized spacial score (nSPS) is 10.0. The molecule has 0 aromatic heterocycles. The summed E-state index contributed by atoms with van der Waals surface area (Å²) in [5.41, 5.74) is 14.0. The number of hydrogen-bond donors (Lipinski definition) is 0. The molecule has 4 aromatic rings. The third-order valence-corrected chi connectivity index (χ3v) is 6.00. The van der Waals surface area contributed by atoms with E-state index in [4.69, 9.17) is 0 Å². The van der Waals surface area contributed by atoms with E-state index in [1.54, 1.807) is 37.2 Å². The van der Waals surface area contributed by atoms with Crippen molar-refractivity contribution >= 4 is 31.7 Å². The number of halogens is 2. The Kier molecular flexibility index (Phi) is 17.2. The van der Waals surface area contributed by atoms with Crippen LogP contribution in [0.4, 0.5) is 0 Å². The molecular formula is C32H36Cl2SiZr-4. The van der Waals surface area contributed by atoms with E-state index in [1.165, 1.54) is 55.6 Å². The second-order valence-corrected chi connectivity index (χ2v) is 7.66. The second-order valence-electron chi connectivity index (χ2n) is 7.66. The minimum absolute atomic E-state index is 0. The van der Waals surface area contributed by atoms with Gasteiger partial charge in [0.15, 0.2) is 0 Å². The van der Waals surface area contributed by atoms with E-state index in [0.29, 0.717) is 0 Å². The Hall–Kier alpha value is -1.44. The molecule has 0 amide bonds. The van der Waals surface area contributed by atoms with Crippen LogP contribution >= 0.6 is 24.8 Å². The van der Waals surface area contributed by atoms with Crippen LogP contribution < -0.4 is 0 Å². The van der Waals surface area contributed by atoms with Gasteiger partial charge in [0.05, 0.1) is 0 Å². The predicted octanol–water partition coefficient (Wildman–Crippen LogP) is 8.34. The summed E-state index contributed by atoms with van der Waals surface area (Å²) >= 11 is 1.58. The summed E-state index contributed by atoms with van der Waals surface area (Å²) in [7, 11) is 0. The quantitative estimate of drug-likeness (QED) is 0.120. The van der Waals surface area contributed by atoms with Crippen molar-refractivity contribution in [3.63, 3.8) is 0 Å². The average Bonchev–Trinajstić information content (AvgIpc) is 3.49. The van der Waals surface area contributed by atoms with Crippen molar-refractivity contribution in [1.29, 1.82) is 0 Å². The summed E-state index contributed by atoms with van der Waals surface area (Å²) in [6.45, 7) is 16.2. The van der Waals surface area contributed by atoms with Gasteiger partial charge in [0.1, 0.15) is 0 Å². The fraction of sp³-hybridized carbons (Fsp3) is 0.188. The molecule has 6 rings (SSSR count). The van der Waals surface area contributed by atoms with Crippen LogP contribution in [0.1, 0.15) is 47.2 Å². The van der Waals surface area contributed by atoms with E-state index in [1.807, 2.05) is 19.0 Å². The van der Waals surface area contributed by atoms with Gasteiger partial charge in [-0.05, 0) is 35.1 Å². The number of fused-ring (bicyclic) bond motifs is 6. The van der Waals surface area contributed by atoms with Crippen LogP contribution in [0.2, 0.25) is 0 Å². The second kappa shape index (κ2) is 17.9. The van der Waals surface area contributed by atoms with E-state index >= 15 is 0 Å². The summed E-state index contributed by atoms with van der Waals surface area (Å²) < 4.78 is 0. The van der Waals surface area contributed by atoms with Crippen LogP contribution in [-0.2, 0) is 36.2 Å². The topological polar surface area (TPSA) is 0 Å². The van der Waals surface area contributed by atoms with Crippen LogP contribution in [0.15, 0.2) is 72.8 Å². The van der Waals surface area contributed by atoms with Gasteiger partial charge in [0.2, 0.25) is 0 Å². The Balaban J connectivity index is 0.000000540. The maximum atomic E-state index is 3.27. The number of rotatable bonds is 0. The van der Waals surface area contributed by atoms with Crippen LogP contribution in [0.5, 0.6) is 0 Å². The first-order valence-corrected chi connectivity index (χ1v) is 17.6. The predicted molar refractivity (Wildman–Crippen MR) is 162 cm³/mol. The molecule has 36 heavy (non-hydrogen) atoms. The first kappa shape index (κ1) is 34.6. The van der Waals surface area contributed by atoms with Gasteiger partial charge in [0, 0.05) is 0 Å². The van der Waals surface area contributed by atoms with Crippen molar-refractivity contribution in [1.82, 2.24) is 0 Å². The van der Waals surface area contributed by atoms with Crippen molar-refractivity contribution < 1.29 is 23.3 Å². The summed E-state index contributed by atoms with van der Waals surface area (Å²) in [5, 5.41) is 0. The minimum atomic E-state index is 0. The molecule has 4 heteroatoms. The molecule has 0 heterocycles. The molecule has 2 aliphatic carbocycles. The van der Waals surface area contributed by atoms with Gasteiger partial charge in [-0.25, -0.2) is 0 Å². The Morgan fingerprint density at radius 2 is 0.917 bits per heavy atom. The van der Waals surface area contributed by atoms with E-state index in [2.05, 4.69) is 100 Å². The molecule has 0 N–H and O–H groups in total. The van der Waals surface area contributed by atoms with Crippen LogP contribution in [0.25, 0.3) is 22.3 Å². The third-order valence-electron chi connectivity index (χ3n) is 6.00. The molecule has 0 spiro atoms. The van der Waals surface area contributed by atoms with Crippen molar-refractivity contribution in [3.8, 4) is 22.3 Å². The van der Waals surface area contributed by atoms with Crippen molar-refractivity contribution in [2.75, 3.05) is 0 Å². The Morgan fingerprint density at radius 3 is 1.28 bits per heavy atom. The molecule has 0 aliphatic heterocycles. The fourth-order valence-electron chi connectivity index (χ4n) is 4.50. The van der Waals surface area contributed by atoms with Crippen LogP contribution in [-0.4, -0.2) is 6.88 Å². The summed E-state index contributed by atoms with van der Waals surface area (Å²) in [6.07, 6.45) is 2.16. The molecule has 4 aromatic carbocycles. The number of hydrogen-bond acceptors (Lipinski definition) is 0. The molecule has 0 bridgehead atoms. The number of benzene rings is 4. The van der Waals surface area contributed by atoms with Crippen LogP contribution in [0.3, 0.4) is 0 Å². The van der Waals surface area contributed by atoms with E-state index in [-0.39, 0.29) is 24.8 Å². The Labute approximate surface area is 248 Å². The third kappa shape index (κ3) is 7.78. The fourth-order valence-corrected chi connectivity index (χ4v) is 4.50. The molecule has 0 saturated heterocycles. The zero-order chi connectivity index (χ0) is 25.1. The summed E-state index contributed by atoms with van der Waals surface area (Å²) in [4.78, 5) is 0. The van der Waals surface area contributed by atoms with Crippen molar-refractivity contribution in [3.05, 3.63) is 132 Å². The first-order chi connectivity index (χ1) is 16.7. The SMILES string of the molecule is Cc1[c-]ccc2c1Cc1ccccc1-2.Cc1[c-]ccc2c1Cc1ccccc1-2.Cl.Cl.[CH2-]C.[CH2-]C.[SiH2]=[Zr]. The molecule has 0 radical (unpaired) electrons. The Morgan fingerprint density at radius 1 is 0.583 bits per heavy atom. The summed E-state index contributed by atoms with van der Waals surface area (Å²) in [6, 6.07) is 32.2. The zero-order valence-electron chi connectivity index (χ0n) is 21.8. The molecule has 0 nitrogen and oxygen atoms in total. The van der Waals surface area contributed by atoms with E-state index in [9.17, 15) is 0 Å². The van der Waals surface area contributed by atoms with Gasteiger partial charge in [0.25, 0.3) is 0 Å². The maximum absolute atomic E-state index is 3.27. The van der Waals surface area contributed by atoms with Gasteiger partial charge >= 0.3 is 30.2 Å². The van der Waals surface area contributed by atoms with Gasteiger partial charge in [-0.2, -0.15) is 61.4 Å². The van der Waals surface area contributed by atoms with Gasteiger partial charge in [-0.15, -0.1) is 47.1 Å². The average molecular weight is 611 g/mol.